The molecule has 0 aliphatic rings. The maximum Gasteiger partial charge on any atom is 0.408 e. The van der Waals surface area contributed by atoms with E-state index in [2.05, 4.69) is 20.3 Å². The van der Waals surface area contributed by atoms with Crippen molar-refractivity contribution in [1.29, 1.82) is 0 Å². The summed E-state index contributed by atoms with van der Waals surface area (Å²) in [7, 11) is 1.22. The second kappa shape index (κ2) is 7.29. The molecule has 1 aromatic carbocycles. The Labute approximate surface area is 144 Å². The van der Waals surface area contributed by atoms with E-state index in [1.165, 1.54) is 7.11 Å². The Morgan fingerprint density at radius 2 is 2.08 bits per heavy atom. The number of hydrogen-bond donors (Lipinski definition) is 3. The van der Waals surface area contributed by atoms with Crippen molar-refractivity contribution >= 4 is 28.7 Å². The summed E-state index contributed by atoms with van der Waals surface area (Å²) in [6.07, 6.45) is 0.889. The number of fused-ring (bicyclic) bond motifs is 1. The van der Waals surface area contributed by atoms with Gasteiger partial charge >= 0.3 is 12.1 Å². The van der Waals surface area contributed by atoms with Gasteiger partial charge in [-0.15, -0.1) is 0 Å². The van der Waals surface area contributed by atoms with Gasteiger partial charge in [0.05, 0.1) is 18.8 Å². The summed E-state index contributed by atoms with van der Waals surface area (Å²) in [6.45, 7) is 4.99. The highest BCUT2D eigenvalue weighted by Crippen LogP contribution is 2.28. The quantitative estimate of drug-likeness (QED) is 0.551. The van der Waals surface area contributed by atoms with Gasteiger partial charge in [-0.3, -0.25) is 5.10 Å². The van der Waals surface area contributed by atoms with E-state index in [9.17, 15) is 9.59 Å². The number of rotatable bonds is 5. The fraction of sp³-hybridized carbons (Fsp3) is 0.438. The number of nitrogens with zero attached hydrogens (tertiary/aromatic N) is 1. The number of carbonyl (C=O) groups is 2. The number of benzene rings is 1. The predicted octanol–water partition coefficient (Wildman–Crippen LogP) is 1.59. The van der Waals surface area contributed by atoms with Crippen LogP contribution in [0.1, 0.15) is 20.8 Å². The molecule has 0 spiro atoms. The molecule has 1 atom stereocenters. The highest BCUT2D eigenvalue weighted by atomic mass is 16.6. The average Bonchev–Trinajstić information content (AvgIpc) is 2.99. The molecular formula is C16H22N4O5. The minimum Gasteiger partial charge on any atom is -0.489 e. The predicted molar refractivity (Wildman–Crippen MR) is 91.2 cm³/mol. The van der Waals surface area contributed by atoms with Crippen molar-refractivity contribution in [2.45, 2.75) is 32.4 Å². The zero-order chi connectivity index (χ0) is 18.6. The molecule has 0 fully saturated rings. The van der Waals surface area contributed by atoms with Gasteiger partial charge in [0, 0.05) is 5.39 Å². The number of methoxy groups -OCH3 is 1. The van der Waals surface area contributed by atoms with Crippen LogP contribution in [-0.4, -0.2) is 47.6 Å². The highest BCUT2D eigenvalue weighted by molar-refractivity contribution is 5.92. The second-order valence-corrected chi connectivity index (χ2v) is 6.34. The van der Waals surface area contributed by atoms with Crippen LogP contribution in [0.5, 0.6) is 5.75 Å². The molecule has 0 radical (unpaired) electrons. The second-order valence-electron chi connectivity index (χ2n) is 6.34. The minimum atomic E-state index is -1.04. The third kappa shape index (κ3) is 4.75. The van der Waals surface area contributed by atoms with Gasteiger partial charge in [0.2, 0.25) is 0 Å². The number of H-pyrrole nitrogens is 1. The van der Waals surface area contributed by atoms with Crippen LogP contribution in [0.2, 0.25) is 0 Å². The van der Waals surface area contributed by atoms with Crippen molar-refractivity contribution in [3.8, 4) is 5.75 Å². The summed E-state index contributed by atoms with van der Waals surface area (Å²) < 4.78 is 15.4. The number of aromatic amines is 1. The number of nitrogens with two attached hydrogens (primary N) is 1. The lowest BCUT2D eigenvalue weighted by Crippen LogP contribution is -2.47. The van der Waals surface area contributed by atoms with Crippen molar-refractivity contribution in [3.05, 3.63) is 18.3 Å². The van der Waals surface area contributed by atoms with E-state index in [-0.39, 0.29) is 6.61 Å². The first-order valence-corrected chi connectivity index (χ1v) is 7.63. The number of carbonyl (C=O) groups excluding carboxylic acids is 2. The van der Waals surface area contributed by atoms with E-state index in [4.69, 9.17) is 15.2 Å². The van der Waals surface area contributed by atoms with Crippen molar-refractivity contribution in [1.82, 2.24) is 15.5 Å². The van der Waals surface area contributed by atoms with Crippen molar-refractivity contribution < 1.29 is 23.8 Å². The van der Waals surface area contributed by atoms with Gasteiger partial charge in [-0.25, -0.2) is 9.59 Å². The van der Waals surface area contributed by atoms with Gasteiger partial charge in [-0.1, -0.05) is 0 Å². The van der Waals surface area contributed by atoms with Crippen LogP contribution in [0.15, 0.2) is 18.3 Å². The Balaban J connectivity index is 2.07. The molecule has 4 N–H and O–H groups in total. The molecule has 136 valence electrons. The Bertz CT molecular complexity index is 765. The first kappa shape index (κ1) is 18.4. The molecule has 0 saturated carbocycles. The Morgan fingerprint density at radius 1 is 1.36 bits per heavy atom. The van der Waals surface area contributed by atoms with Crippen LogP contribution >= 0.6 is 0 Å². The molecule has 0 aliphatic carbocycles. The number of nitrogens with one attached hydrogen (secondary N) is 2. The van der Waals surface area contributed by atoms with Gasteiger partial charge in [0.25, 0.3) is 0 Å². The number of nitrogen functional groups attached to an aromatic ring is 1. The fourth-order valence-corrected chi connectivity index (χ4v) is 2.08. The van der Waals surface area contributed by atoms with Crippen LogP contribution in [0.4, 0.5) is 10.5 Å². The summed E-state index contributed by atoms with van der Waals surface area (Å²) in [5.41, 5.74) is 6.31. The number of alkyl carbamates (subject to hydrolysis) is 1. The van der Waals surface area contributed by atoms with E-state index in [1.54, 1.807) is 39.1 Å². The van der Waals surface area contributed by atoms with Crippen molar-refractivity contribution in [2.24, 2.45) is 0 Å². The first-order chi connectivity index (χ1) is 11.7. The molecule has 2 rings (SSSR count). The molecule has 1 amide bonds. The van der Waals surface area contributed by atoms with E-state index in [0.29, 0.717) is 17.0 Å². The lowest BCUT2D eigenvalue weighted by Gasteiger charge is -2.22. The standard InChI is InChI=1S/C16H22N4O5/c1-16(2,3)25-15(22)19-10(14(21)23-4)8-24-11-6-5-9-7-18-20-13(9)12(11)17/h5-7,10H,8,17H2,1-4H3,(H,18,20)(H,19,22)/t10-/m1/s1. The summed E-state index contributed by atoms with van der Waals surface area (Å²) in [4.78, 5) is 23.7. The lowest BCUT2D eigenvalue weighted by atomic mass is 10.2. The summed E-state index contributed by atoms with van der Waals surface area (Å²) in [5, 5.41) is 9.94. The number of ether oxygens (including phenoxy) is 3. The van der Waals surface area contributed by atoms with Crippen molar-refractivity contribution in [2.75, 3.05) is 19.5 Å². The Hall–Kier alpha value is -2.97. The van der Waals surface area contributed by atoms with Crippen LogP contribution in [0, 0.1) is 0 Å². The largest absolute Gasteiger partial charge is 0.489 e. The molecule has 9 heteroatoms. The van der Waals surface area contributed by atoms with Crippen LogP contribution in [0.3, 0.4) is 0 Å². The number of hydrogen-bond acceptors (Lipinski definition) is 7. The Kier molecular flexibility index (Phi) is 5.35. The van der Waals surface area contributed by atoms with Gasteiger partial charge < -0.3 is 25.3 Å². The first-order valence-electron chi connectivity index (χ1n) is 7.63. The molecule has 9 nitrogen and oxygen atoms in total. The number of aromatic nitrogens is 2. The summed E-state index contributed by atoms with van der Waals surface area (Å²) in [6, 6.07) is 2.39. The number of amides is 1. The third-order valence-electron chi connectivity index (χ3n) is 3.20. The summed E-state index contributed by atoms with van der Waals surface area (Å²) >= 11 is 0. The van der Waals surface area contributed by atoms with Gasteiger partial charge in [-0.2, -0.15) is 5.10 Å². The van der Waals surface area contributed by atoms with Gasteiger partial charge in [0.15, 0.2) is 6.04 Å². The fourth-order valence-electron chi connectivity index (χ4n) is 2.08. The zero-order valence-corrected chi connectivity index (χ0v) is 14.6. The lowest BCUT2D eigenvalue weighted by molar-refractivity contribution is -0.143. The Morgan fingerprint density at radius 3 is 2.72 bits per heavy atom. The SMILES string of the molecule is COC(=O)[C@@H](COc1ccc2cn[nH]c2c1N)NC(=O)OC(C)(C)C. The van der Waals surface area contributed by atoms with E-state index in [0.717, 1.165) is 5.39 Å². The van der Waals surface area contributed by atoms with Gasteiger partial charge in [0.1, 0.15) is 23.6 Å². The van der Waals surface area contributed by atoms with Gasteiger partial charge in [-0.05, 0) is 32.9 Å². The maximum atomic E-state index is 11.9. The topological polar surface area (TPSA) is 129 Å². The molecule has 2 aromatic rings. The average molecular weight is 350 g/mol. The van der Waals surface area contributed by atoms with Crippen LogP contribution < -0.4 is 15.8 Å². The monoisotopic (exact) mass is 350 g/mol. The van der Waals surface area contributed by atoms with E-state index in [1.807, 2.05) is 0 Å². The molecule has 1 heterocycles. The van der Waals surface area contributed by atoms with E-state index < -0.39 is 23.7 Å². The molecule has 0 bridgehead atoms. The smallest absolute Gasteiger partial charge is 0.408 e. The number of esters is 1. The molecule has 25 heavy (non-hydrogen) atoms. The van der Waals surface area contributed by atoms with Crippen LogP contribution in [0.25, 0.3) is 10.9 Å². The molecule has 1 aromatic heterocycles. The third-order valence-corrected chi connectivity index (χ3v) is 3.20. The zero-order valence-electron chi connectivity index (χ0n) is 14.6. The molecule has 0 aliphatic heterocycles. The molecule has 0 saturated heterocycles. The van der Waals surface area contributed by atoms with E-state index >= 15 is 0 Å². The highest BCUT2D eigenvalue weighted by Gasteiger charge is 2.26. The summed E-state index contributed by atoms with van der Waals surface area (Å²) in [5.74, 6) is -0.302. The molecular weight excluding hydrogens is 328 g/mol. The molecule has 0 unspecified atom stereocenters. The minimum absolute atomic E-state index is 0.171. The number of anilines is 1. The van der Waals surface area contributed by atoms with Crippen LogP contribution in [-0.2, 0) is 14.3 Å². The van der Waals surface area contributed by atoms with Crippen molar-refractivity contribution in [3.63, 3.8) is 0 Å². The maximum absolute atomic E-state index is 11.9. The normalized spacial score (nSPS) is 12.5.